The van der Waals surface area contributed by atoms with E-state index < -0.39 is 6.10 Å². The Morgan fingerprint density at radius 1 is 1.04 bits per heavy atom. The van der Waals surface area contributed by atoms with Gasteiger partial charge in [0.15, 0.2) is 0 Å². The largest absolute Gasteiger partial charge is 0.387 e. The number of halogens is 1. The van der Waals surface area contributed by atoms with Gasteiger partial charge in [-0.3, -0.25) is 4.90 Å². The van der Waals surface area contributed by atoms with Crippen molar-refractivity contribution in [2.45, 2.75) is 6.10 Å². The quantitative estimate of drug-likeness (QED) is 0.939. The third-order valence-corrected chi connectivity index (χ3v) is 4.43. The van der Waals surface area contributed by atoms with Gasteiger partial charge in [-0.25, -0.2) is 4.39 Å². The number of hydrogen-bond donors (Lipinski definition) is 1. The summed E-state index contributed by atoms with van der Waals surface area (Å²) < 4.78 is 13.7. The third kappa shape index (κ3) is 3.56. The molecule has 1 saturated heterocycles. The van der Waals surface area contributed by atoms with Gasteiger partial charge in [0.2, 0.25) is 0 Å². The first-order chi connectivity index (χ1) is 11.7. The zero-order valence-corrected chi connectivity index (χ0v) is 13.4. The fraction of sp³-hybridized carbons (Fsp3) is 0.316. The molecule has 24 heavy (non-hydrogen) atoms. The van der Waals surface area contributed by atoms with Gasteiger partial charge < -0.3 is 10.0 Å². The van der Waals surface area contributed by atoms with E-state index in [0.717, 1.165) is 31.9 Å². The summed E-state index contributed by atoms with van der Waals surface area (Å²) in [5, 5.41) is 19.5. The van der Waals surface area contributed by atoms with Crippen LogP contribution < -0.4 is 4.90 Å². The molecule has 2 aromatic carbocycles. The molecule has 0 aromatic heterocycles. The highest BCUT2D eigenvalue weighted by Gasteiger charge is 2.22. The van der Waals surface area contributed by atoms with Crippen LogP contribution in [0.25, 0.3) is 0 Å². The second-order valence-corrected chi connectivity index (χ2v) is 5.95. The zero-order valence-electron chi connectivity index (χ0n) is 13.4. The molecule has 1 heterocycles. The Bertz CT molecular complexity index is 735. The Balaban J connectivity index is 1.60. The van der Waals surface area contributed by atoms with Crippen molar-refractivity contribution in [3.63, 3.8) is 0 Å². The maximum atomic E-state index is 13.7. The average molecular weight is 325 g/mol. The van der Waals surface area contributed by atoms with E-state index in [1.807, 2.05) is 24.3 Å². The molecule has 0 saturated carbocycles. The van der Waals surface area contributed by atoms with E-state index in [1.165, 1.54) is 6.07 Å². The molecule has 4 nitrogen and oxygen atoms in total. The second kappa shape index (κ2) is 7.43. The summed E-state index contributed by atoms with van der Waals surface area (Å²) in [6.45, 7) is 3.51. The van der Waals surface area contributed by atoms with Crippen LogP contribution in [0.5, 0.6) is 0 Å². The van der Waals surface area contributed by atoms with Gasteiger partial charge in [-0.1, -0.05) is 30.3 Å². The number of piperazine rings is 1. The van der Waals surface area contributed by atoms with Gasteiger partial charge in [0.05, 0.1) is 17.4 Å². The number of benzene rings is 2. The van der Waals surface area contributed by atoms with Crippen LogP contribution in [0.1, 0.15) is 17.2 Å². The number of nitriles is 1. The molecular weight excluding hydrogens is 305 g/mol. The Kier molecular flexibility index (Phi) is 5.09. The third-order valence-electron chi connectivity index (χ3n) is 4.43. The van der Waals surface area contributed by atoms with E-state index in [2.05, 4.69) is 15.9 Å². The summed E-state index contributed by atoms with van der Waals surface area (Å²) >= 11 is 0. The fourth-order valence-electron chi connectivity index (χ4n) is 3.10. The lowest BCUT2D eigenvalue weighted by atomic mass is 10.1. The van der Waals surface area contributed by atoms with Crippen LogP contribution in [0, 0.1) is 17.1 Å². The van der Waals surface area contributed by atoms with E-state index >= 15 is 0 Å². The second-order valence-electron chi connectivity index (χ2n) is 5.95. The number of aliphatic hydroxyl groups excluding tert-OH is 1. The summed E-state index contributed by atoms with van der Waals surface area (Å²) in [7, 11) is 0. The van der Waals surface area contributed by atoms with Crippen LogP contribution in [-0.2, 0) is 0 Å². The van der Waals surface area contributed by atoms with Crippen molar-refractivity contribution in [2.75, 3.05) is 37.6 Å². The standard InChI is InChI=1S/C19H20FN3O/c20-17-7-3-2-6-16(17)19(24)14-22-9-11-23(12-10-22)18-8-4-1-5-15(18)13-21/h1-8,19,24H,9-12,14H2. The van der Waals surface area contributed by atoms with Crippen LogP contribution in [0.4, 0.5) is 10.1 Å². The fourth-order valence-corrected chi connectivity index (χ4v) is 3.10. The molecule has 2 aromatic rings. The number of nitrogens with zero attached hydrogens (tertiary/aromatic N) is 3. The molecule has 0 amide bonds. The maximum absolute atomic E-state index is 13.7. The predicted octanol–water partition coefficient (Wildman–Crippen LogP) is 2.55. The molecule has 0 spiro atoms. The van der Waals surface area contributed by atoms with Crippen molar-refractivity contribution < 1.29 is 9.50 Å². The Labute approximate surface area is 141 Å². The molecule has 0 bridgehead atoms. The first-order valence-electron chi connectivity index (χ1n) is 8.08. The number of hydrogen-bond acceptors (Lipinski definition) is 4. The molecule has 1 unspecified atom stereocenters. The van der Waals surface area contributed by atoms with Gasteiger partial charge in [-0.15, -0.1) is 0 Å². The van der Waals surface area contributed by atoms with Gasteiger partial charge in [-0.05, 0) is 18.2 Å². The minimum atomic E-state index is -0.829. The maximum Gasteiger partial charge on any atom is 0.129 e. The van der Waals surface area contributed by atoms with E-state index in [1.54, 1.807) is 18.2 Å². The zero-order chi connectivity index (χ0) is 16.9. The van der Waals surface area contributed by atoms with Crippen molar-refractivity contribution in [3.05, 3.63) is 65.5 Å². The summed E-state index contributed by atoms with van der Waals surface area (Å²) in [6, 6.07) is 16.2. The number of aliphatic hydroxyl groups is 1. The Morgan fingerprint density at radius 2 is 1.71 bits per heavy atom. The molecular formula is C19H20FN3O. The highest BCUT2D eigenvalue weighted by atomic mass is 19.1. The highest BCUT2D eigenvalue weighted by Crippen LogP contribution is 2.22. The topological polar surface area (TPSA) is 50.5 Å². The van der Waals surface area contributed by atoms with Crippen molar-refractivity contribution >= 4 is 5.69 Å². The van der Waals surface area contributed by atoms with Crippen LogP contribution in [0.15, 0.2) is 48.5 Å². The molecule has 1 atom stereocenters. The Morgan fingerprint density at radius 3 is 2.42 bits per heavy atom. The van der Waals surface area contributed by atoms with E-state index in [0.29, 0.717) is 17.7 Å². The summed E-state index contributed by atoms with van der Waals surface area (Å²) in [5.74, 6) is -0.369. The average Bonchev–Trinajstić information content (AvgIpc) is 2.62. The van der Waals surface area contributed by atoms with Crippen LogP contribution >= 0.6 is 0 Å². The molecule has 0 radical (unpaired) electrons. The van der Waals surface area contributed by atoms with Crippen molar-refractivity contribution in [2.24, 2.45) is 0 Å². The highest BCUT2D eigenvalue weighted by molar-refractivity contribution is 5.59. The Hall–Kier alpha value is -2.42. The molecule has 0 aliphatic carbocycles. The number of rotatable bonds is 4. The smallest absolute Gasteiger partial charge is 0.129 e. The predicted molar refractivity (Wildman–Crippen MR) is 91.2 cm³/mol. The first kappa shape index (κ1) is 16.4. The van der Waals surface area contributed by atoms with Gasteiger partial charge in [-0.2, -0.15) is 5.26 Å². The molecule has 1 aliphatic heterocycles. The van der Waals surface area contributed by atoms with Crippen molar-refractivity contribution in [1.29, 1.82) is 5.26 Å². The molecule has 5 heteroatoms. The summed E-state index contributed by atoms with van der Waals surface area (Å²) in [4.78, 5) is 4.31. The molecule has 124 valence electrons. The first-order valence-corrected chi connectivity index (χ1v) is 8.08. The minimum absolute atomic E-state index is 0.342. The molecule has 3 rings (SSSR count). The molecule has 1 N–H and O–H groups in total. The number of β-amino-alcohol motifs (C(OH)–C–C–N with tert-alkyl or cyclic N) is 1. The lowest BCUT2D eigenvalue weighted by Crippen LogP contribution is -2.47. The number of anilines is 1. The van der Waals surface area contributed by atoms with E-state index in [9.17, 15) is 14.8 Å². The van der Waals surface area contributed by atoms with Crippen molar-refractivity contribution in [3.8, 4) is 6.07 Å². The monoisotopic (exact) mass is 325 g/mol. The lowest BCUT2D eigenvalue weighted by molar-refractivity contribution is 0.106. The molecule has 1 fully saturated rings. The summed E-state index contributed by atoms with van der Waals surface area (Å²) in [6.07, 6.45) is -0.829. The molecule has 1 aliphatic rings. The minimum Gasteiger partial charge on any atom is -0.387 e. The van der Waals surface area contributed by atoms with E-state index in [4.69, 9.17) is 0 Å². The number of para-hydroxylation sites is 1. The SMILES string of the molecule is N#Cc1ccccc1N1CCN(CC(O)c2ccccc2F)CC1. The lowest BCUT2D eigenvalue weighted by Gasteiger charge is -2.37. The van der Waals surface area contributed by atoms with Crippen LogP contribution in [0.3, 0.4) is 0 Å². The van der Waals surface area contributed by atoms with E-state index in [-0.39, 0.29) is 5.82 Å². The van der Waals surface area contributed by atoms with Gasteiger partial charge in [0, 0.05) is 38.3 Å². The van der Waals surface area contributed by atoms with Crippen LogP contribution in [0.2, 0.25) is 0 Å². The summed E-state index contributed by atoms with van der Waals surface area (Å²) in [5.41, 5.74) is 1.97. The normalized spacial score (nSPS) is 16.6. The van der Waals surface area contributed by atoms with Gasteiger partial charge in [0.1, 0.15) is 11.9 Å². The van der Waals surface area contributed by atoms with Crippen LogP contribution in [-0.4, -0.2) is 42.7 Å². The van der Waals surface area contributed by atoms with Gasteiger partial charge in [0.25, 0.3) is 0 Å². The van der Waals surface area contributed by atoms with Gasteiger partial charge >= 0.3 is 0 Å². The van der Waals surface area contributed by atoms with Crippen molar-refractivity contribution in [1.82, 2.24) is 4.90 Å².